The van der Waals surface area contributed by atoms with E-state index >= 15 is 0 Å². The maximum Gasteiger partial charge on any atom is 0.0828 e. The van der Waals surface area contributed by atoms with E-state index in [4.69, 9.17) is 0 Å². The minimum absolute atomic E-state index is 0.193. The fourth-order valence-electron chi connectivity index (χ4n) is 2.64. The maximum atomic E-state index is 9.43. The summed E-state index contributed by atoms with van der Waals surface area (Å²) in [6, 6.07) is 11.0. The Hall–Kier alpha value is -1.29. The Morgan fingerprint density at radius 3 is 2.56 bits per heavy atom. The fraction of sp³-hybridized carbons (Fsp3) is 0.533. The summed E-state index contributed by atoms with van der Waals surface area (Å²) < 4.78 is 0. The van der Waals surface area contributed by atoms with Gasteiger partial charge in [-0.25, -0.2) is 0 Å². The third-order valence-electron chi connectivity index (χ3n) is 3.95. The summed E-state index contributed by atoms with van der Waals surface area (Å²) in [7, 11) is 0. The summed E-state index contributed by atoms with van der Waals surface area (Å²) in [4.78, 5) is 0. The van der Waals surface area contributed by atoms with Gasteiger partial charge in [-0.2, -0.15) is 5.26 Å². The predicted molar refractivity (Wildman–Crippen MR) is 66.0 cm³/mol. The zero-order chi connectivity index (χ0) is 11.8. The molecule has 0 amide bonds. The van der Waals surface area contributed by atoms with Gasteiger partial charge < -0.3 is 0 Å². The normalized spacial score (nSPS) is 28.6. The summed E-state index contributed by atoms with van der Waals surface area (Å²) in [5.41, 5.74) is 2.27. The molecule has 2 rings (SSSR count). The first-order chi connectivity index (χ1) is 7.57. The van der Waals surface area contributed by atoms with Crippen molar-refractivity contribution in [1.82, 2.24) is 0 Å². The van der Waals surface area contributed by atoms with Crippen LogP contribution in [0.25, 0.3) is 0 Å². The van der Waals surface area contributed by atoms with Crippen LogP contribution in [0.5, 0.6) is 0 Å². The average Bonchev–Trinajstić information content (AvgIpc) is 2.16. The number of benzene rings is 1. The molecular weight excluding hydrogens is 194 g/mol. The van der Waals surface area contributed by atoms with Crippen LogP contribution >= 0.6 is 0 Å². The van der Waals surface area contributed by atoms with Gasteiger partial charge >= 0.3 is 0 Å². The summed E-state index contributed by atoms with van der Waals surface area (Å²) in [6.45, 7) is 6.59. The molecule has 0 aliphatic heterocycles. The van der Waals surface area contributed by atoms with E-state index in [2.05, 4.69) is 51.1 Å². The van der Waals surface area contributed by atoms with E-state index in [0.717, 1.165) is 18.8 Å². The molecule has 1 aliphatic carbocycles. The molecule has 1 aromatic rings. The molecule has 0 atom stereocenters. The van der Waals surface area contributed by atoms with E-state index in [-0.39, 0.29) is 5.41 Å². The maximum absolute atomic E-state index is 9.43. The van der Waals surface area contributed by atoms with Crippen molar-refractivity contribution in [3.8, 4) is 6.07 Å². The number of nitriles is 1. The van der Waals surface area contributed by atoms with Crippen molar-refractivity contribution in [3.05, 3.63) is 35.4 Å². The average molecular weight is 213 g/mol. The molecule has 0 radical (unpaired) electrons. The molecule has 84 valence electrons. The van der Waals surface area contributed by atoms with Gasteiger partial charge in [0, 0.05) is 0 Å². The monoisotopic (exact) mass is 213 g/mol. The lowest BCUT2D eigenvalue weighted by Crippen LogP contribution is -2.42. The van der Waals surface area contributed by atoms with Crippen LogP contribution in [0.1, 0.15) is 37.8 Å². The number of nitrogens with zero attached hydrogens (tertiary/aromatic N) is 1. The highest BCUT2D eigenvalue weighted by Gasteiger charge is 2.46. The summed E-state index contributed by atoms with van der Waals surface area (Å²) in [5.74, 6) is 1.42. The van der Waals surface area contributed by atoms with Crippen molar-refractivity contribution >= 4 is 0 Å². The summed E-state index contributed by atoms with van der Waals surface area (Å²) in [5, 5.41) is 9.43. The Kier molecular flexibility index (Phi) is 2.76. The van der Waals surface area contributed by atoms with Gasteiger partial charge in [-0.15, -0.1) is 0 Å². The molecule has 0 bridgehead atoms. The highest BCUT2D eigenvalue weighted by Crippen LogP contribution is 2.50. The molecule has 16 heavy (non-hydrogen) atoms. The first-order valence-electron chi connectivity index (χ1n) is 6.06. The van der Waals surface area contributed by atoms with Crippen molar-refractivity contribution < 1.29 is 0 Å². The van der Waals surface area contributed by atoms with Crippen LogP contribution in [0.4, 0.5) is 0 Å². The molecule has 1 nitrogen and oxygen atoms in total. The van der Waals surface area contributed by atoms with Crippen LogP contribution in [-0.4, -0.2) is 0 Å². The lowest BCUT2D eigenvalue weighted by molar-refractivity contribution is 0.145. The molecule has 0 spiro atoms. The molecule has 1 fully saturated rings. The second kappa shape index (κ2) is 3.94. The van der Waals surface area contributed by atoms with E-state index in [9.17, 15) is 5.26 Å². The third-order valence-corrected chi connectivity index (χ3v) is 3.95. The van der Waals surface area contributed by atoms with Gasteiger partial charge in [0.2, 0.25) is 0 Å². The number of hydrogen-bond acceptors (Lipinski definition) is 1. The fourth-order valence-corrected chi connectivity index (χ4v) is 2.64. The lowest BCUT2D eigenvalue weighted by Gasteiger charge is -2.45. The molecule has 1 saturated carbocycles. The smallest absolute Gasteiger partial charge is 0.0828 e. The van der Waals surface area contributed by atoms with Crippen molar-refractivity contribution in [2.24, 2.45) is 11.8 Å². The van der Waals surface area contributed by atoms with Crippen LogP contribution in [0.2, 0.25) is 0 Å². The summed E-state index contributed by atoms with van der Waals surface area (Å²) in [6.07, 6.45) is 2.06. The Balaban J connectivity index is 2.23. The van der Waals surface area contributed by atoms with Gasteiger partial charge in [0.1, 0.15) is 0 Å². The van der Waals surface area contributed by atoms with E-state index in [1.807, 2.05) is 0 Å². The molecule has 0 unspecified atom stereocenters. The summed E-state index contributed by atoms with van der Waals surface area (Å²) >= 11 is 0. The first-order valence-corrected chi connectivity index (χ1v) is 6.06. The molecule has 1 heteroatoms. The van der Waals surface area contributed by atoms with E-state index in [1.54, 1.807) is 0 Å². The van der Waals surface area contributed by atoms with Crippen LogP contribution in [-0.2, 0) is 5.41 Å². The number of hydrogen-bond donors (Lipinski definition) is 0. The Morgan fingerprint density at radius 2 is 2.06 bits per heavy atom. The third kappa shape index (κ3) is 1.73. The van der Waals surface area contributed by atoms with E-state index in [0.29, 0.717) is 5.92 Å². The minimum atomic E-state index is -0.193. The lowest BCUT2D eigenvalue weighted by atomic mass is 9.56. The Bertz CT molecular complexity index is 419. The van der Waals surface area contributed by atoms with Crippen molar-refractivity contribution in [3.63, 3.8) is 0 Å². The van der Waals surface area contributed by atoms with Crippen LogP contribution < -0.4 is 0 Å². The quantitative estimate of drug-likeness (QED) is 0.732. The first kappa shape index (κ1) is 11.2. The zero-order valence-corrected chi connectivity index (χ0v) is 10.3. The van der Waals surface area contributed by atoms with E-state index in [1.165, 1.54) is 11.1 Å². The van der Waals surface area contributed by atoms with Crippen molar-refractivity contribution in [2.75, 3.05) is 0 Å². The number of aryl methyl sites for hydroxylation is 1. The van der Waals surface area contributed by atoms with Crippen molar-refractivity contribution in [1.29, 1.82) is 5.26 Å². The van der Waals surface area contributed by atoms with Gasteiger partial charge in [-0.3, -0.25) is 0 Å². The van der Waals surface area contributed by atoms with Gasteiger partial charge in [0.25, 0.3) is 0 Å². The molecule has 1 aromatic carbocycles. The van der Waals surface area contributed by atoms with Crippen LogP contribution in [0.15, 0.2) is 24.3 Å². The molecule has 1 aliphatic rings. The standard InChI is InChI=1S/C15H19N/c1-11(2)13-8-15(9-13,10-16)14-6-4-5-12(3)7-14/h4-7,11,13H,8-9H2,1-3H3. The number of rotatable bonds is 2. The predicted octanol–water partition coefficient (Wildman–Crippen LogP) is 3.82. The topological polar surface area (TPSA) is 23.8 Å². The molecule has 0 N–H and O–H groups in total. The van der Waals surface area contributed by atoms with Crippen molar-refractivity contribution in [2.45, 2.75) is 39.0 Å². The van der Waals surface area contributed by atoms with Crippen LogP contribution in [0, 0.1) is 30.1 Å². The van der Waals surface area contributed by atoms with E-state index < -0.39 is 0 Å². The second-order valence-corrected chi connectivity index (χ2v) is 5.48. The minimum Gasteiger partial charge on any atom is -0.197 e. The van der Waals surface area contributed by atoms with Gasteiger partial charge in [0.15, 0.2) is 0 Å². The van der Waals surface area contributed by atoms with Gasteiger partial charge in [-0.1, -0.05) is 43.7 Å². The second-order valence-electron chi connectivity index (χ2n) is 5.48. The van der Waals surface area contributed by atoms with Gasteiger partial charge in [-0.05, 0) is 37.2 Å². The molecule has 0 heterocycles. The Morgan fingerprint density at radius 1 is 1.38 bits per heavy atom. The molecule has 0 aromatic heterocycles. The highest BCUT2D eigenvalue weighted by atomic mass is 14.5. The van der Waals surface area contributed by atoms with Gasteiger partial charge in [0.05, 0.1) is 11.5 Å². The highest BCUT2D eigenvalue weighted by molar-refractivity contribution is 5.38. The SMILES string of the molecule is Cc1cccc(C2(C#N)CC(C(C)C)C2)c1. The largest absolute Gasteiger partial charge is 0.197 e. The molecular formula is C15H19N. The molecule has 0 saturated heterocycles. The van der Waals surface area contributed by atoms with Crippen LogP contribution in [0.3, 0.4) is 0 Å². The Labute approximate surface area is 98.1 Å². The zero-order valence-electron chi connectivity index (χ0n) is 10.3.